The number of carbonyl (C=O) groups excluding carboxylic acids is 1. The van der Waals surface area contributed by atoms with Crippen LogP contribution in [0.5, 0.6) is 0 Å². The van der Waals surface area contributed by atoms with Crippen molar-refractivity contribution in [2.75, 3.05) is 13.2 Å². The minimum atomic E-state index is -0.0241. The van der Waals surface area contributed by atoms with Crippen molar-refractivity contribution in [1.82, 2.24) is 10.6 Å². The van der Waals surface area contributed by atoms with Gasteiger partial charge in [-0.2, -0.15) is 0 Å². The molecule has 2 rings (SSSR count). The topological polar surface area (TPSA) is 50.4 Å². The molecule has 1 heterocycles. The maximum atomic E-state index is 11.9. The average molecular weight is 282 g/mol. The minimum Gasteiger partial charge on any atom is -0.377 e. The van der Waals surface area contributed by atoms with Gasteiger partial charge in [0.15, 0.2) is 0 Å². The van der Waals surface area contributed by atoms with E-state index in [1.54, 1.807) is 0 Å². The molecule has 1 aliphatic carbocycles. The lowest BCUT2D eigenvalue weighted by Gasteiger charge is -2.33. The van der Waals surface area contributed by atoms with E-state index in [1.807, 2.05) is 0 Å². The summed E-state index contributed by atoms with van der Waals surface area (Å²) in [6.07, 6.45) is 5.10. The smallest absolute Gasteiger partial charge is 0.315 e. The van der Waals surface area contributed by atoms with Crippen LogP contribution in [0.15, 0.2) is 0 Å². The first-order valence-corrected chi connectivity index (χ1v) is 8.04. The van der Waals surface area contributed by atoms with Gasteiger partial charge >= 0.3 is 6.03 Å². The first-order chi connectivity index (χ1) is 9.38. The number of nitrogens with one attached hydrogen (secondary N) is 2. The fourth-order valence-corrected chi connectivity index (χ4v) is 3.34. The van der Waals surface area contributed by atoms with E-state index in [-0.39, 0.29) is 17.6 Å². The van der Waals surface area contributed by atoms with Gasteiger partial charge in [0.2, 0.25) is 0 Å². The van der Waals surface area contributed by atoms with Crippen LogP contribution in [0.4, 0.5) is 4.79 Å². The molecule has 2 amide bonds. The summed E-state index contributed by atoms with van der Waals surface area (Å²) < 4.78 is 5.84. The van der Waals surface area contributed by atoms with Gasteiger partial charge in [-0.05, 0) is 37.5 Å². The molecule has 20 heavy (non-hydrogen) atoms. The third kappa shape index (κ3) is 3.87. The highest BCUT2D eigenvalue weighted by molar-refractivity contribution is 5.74. The van der Waals surface area contributed by atoms with Crippen LogP contribution in [0, 0.1) is 17.3 Å². The normalized spacial score (nSPS) is 28.8. The molecule has 1 aliphatic heterocycles. The molecule has 116 valence electrons. The van der Waals surface area contributed by atoms with Crippen molar-refractivity contribution in [3.63, 3.8) is 0 Å². The Morgan fingerprint density at radius 2 is 2.00 bits per heavy atom. The van der Waals surface area contributed by atoms with Gasteiger partial charge in [-0.1, -0.05) is 27.2 Å². The van der Waals surface area contributed by atoms with Crippen LogP contribution in [0.25, 0.3) is 0 Å². The highest BCUT2D eigenvalue weighted by Gasteiger charge is 2.37. The SMILES string of the molecule is C[C@H](NC(=O)NC[C@H]1CCO[C@@H]1C(C)(C)C)C1CCC1. The number of ether oxygens (including phenoxy) is 1. The minimum absolute atomic E-state index is 0.0241. The van der Waals surface area contributed by atoms with Crippen LogP contribution >= 0.6 is 0 Å². The predicted molar refractivity (Wildman–Crippen MR) is 80.6 cm³/mol. The van der Waals surface area contributed by atoms with Crippen LogP contribution in [0.2, 0.25) is 0 Å². The van der Waals surface area contributed by atoms with Gasteiger partial charge in [0.1, 0.15) is 0 Å². The largest absolute Gasteiger partial charge is 0.377 e. The van der Waals surface area contributed by atoms with Crippen molar-refractivity contribution in [3.05, 3.63) is 0 Å². The Hall–Kier alpha value is -0.770. The van der Waals surface area contributed by atoms with Gasteiger partial charge in [0.25, 0.3) is 0 Å². The molecular weight excluding hydrogens is 252 g/mol. The van der Waals surface area contributed by atoms with Crippen molar-refractivity contribution < 1.29 is 9.53 Å². The first-order valence-electron chi connectivity index (χ1n) is 8.04. The maximum absolute atomic E-state index is 11.9. The number of carbonyl (C=O) groups is 1. The third-order valence-corrected chi connectivity index (χ3v) is 4.81. The number of amides is 2. The van der Waals surface area contributed by atoms with E-state index in [0.717, 1.165) is 13.0 Å². The van der Waals surface area contributed by atoms with Crippen molar-refractivity contribution in [2.24, 2.45) is 17.3 Å². The zero-order valence-corrected chi connectivity index (χ0v) is 13.4. The quantitative estimate of drug-likeness (QED) is 0.833. The second-order valence-electron chi connectivity index (χ2n) is 7.54. The lowest BCUT2D eigenvalue weighted by atomic mass is 9.80. The first kappa shape index (κ1) is 15.6. The summed E-state index contributed by atoms with van der Waals surface area (Å²) in [6, 6.07) is 0.269. The second kappa shape index (κ2) is 6.33. The van der Waals surface area contributed by atoms with Gasteiger partial charge in [0, 0.05) is 25.1 Å². The molecule has 0 unspecified atom stereocenters. The summed E-state index contributed by atoms with van der Waals surface area (Å²) in [5.74, 6) is 1.11. The van der Waals surface area contributed by atoms with E-state index < -0.39 is 0 Å². The molecule has 3 atom stereocenters. The third-order valence-electron chi connectivity index (χ3n) is 4.81. The van der Waals surface area contributed by atoms with Gasteiger partial charge in [-0.3, -0.25) is 0 Å². The fourth-order valence-electron chi connectivity index (χ4n) is 3.34. The Kier molecular flexibility index (Phi) is 4.95. The fraction of sp³-hybridized carbons (Fsp3) is 0.938. The van der Waals surface area contributed by atoms with Crippen molar-refractivity contribution in [3.8, 4) is 0 Å². The van der Waals surface area contributed by atoms with Crippen LogP contribution in [-0.2, 0) is 4.74 Å². The summed E-state index contributed by atoms with van der Waals surface area (Å²) in [5, 5.41) is 6.10. The Morgan fingerprint density at radius 3 is 2.55 bits per heavy atom. The predicted octanol–water partition coefficient (Wildman–Crippen LogP) is 2.93. The molecule has 4 heteroatoms. The summed E-state index contributed by atoms with van der Waals surface area (Å²) in [4.78, 5) is 11.9. The monoisotopic (exact) mass is 282 g/mol. The van der Waals surface area contributed by atoms with E-state index in [4.69, 9.17) is 4.74 Å². The van der Waals surface area contributed by atoms with E-state index in [2.05, 4.69) is 38.3 Å². The van der Waals surface area contributed by atoms with Crippen LogP contribution in [-0.4, -0.2) is 31.3 Å². The lowest BCUT2D eigenvalue weighted by Crippen LogP contribution is -2.47. The van der Waals surface area contributed by atoms with Gasteiger partial charge in [-0.25, -0.2) is 4.79 Å². The van der Waals surface area contributed by atoms with Gasteiger partial charge in [0.05, 0.1) is 6.10 Å². The molecule has 0 bridgehead atoms. The number of rotatable bonds is 4. The average Bonchev–Trinajstić information content (AvgIpc) is 2.71. The van der Waals surface area contributed by atoms with Crippen molar-refractivity contribution in [2.45, 2.75) is 65.5 Å². The highest BCUT2D eigenvalue weighted by atomic mass is 16.5. The summed E-state index contributed by atoms with van der Waals surface area (Å²) in [5.41, 5.74) is 0.137. The second-order valence-corrected chi connectivity index (χ2v) is 7.54. The summed E-state index contributed by atoms with van der Waals surface area (Å²) >= 11 is 0. The number of hydrogen-bond donors (Lipinski definition) is 2. The molecule has 4 nitrogen and oxygen atoms in total. The molecule has 0 radical (unpaired) electrons. The van der Waals surface area contributed by atoms with E-state index >= 15 is 0 Å². The molecule has 2 N–H and O–H groups in total. The van der Waals surface area contributed by atoms with Crippen molar-refractivity contribution >= 4 is 6.03 Å². The Balaban J connectivity index is 1.72. The Bertz CT molecular complexity index is 334. The van der Waals surface area contributed by atoms with Crippen LogP contribution in [0.1, 0.15) is 53.4 Å². The maximum Gasteiger partial charge on any atom is 0.315 e. The van der Waals surface area contributed by atoms with E-state index in [0.29, 0.717) is 24.4 Å². The molecule has 0 aromatic rings. The number of urea groups is 1. The molecule has 1 saturated heterocycles. The zero-order chi connectivity index (χ0) is 14.8. The standard InChI is InChI=1S/C16H30N2O2/c1-11(12-6-5-7-12)18-15(19)17-10-13-8-9-20-14(13)16(2,3)4/h11-14H,5-10H2,1-4H3,(H2,17,18,19)/t11-,13+,14-/m0/s1. The Morgan fingerprint density at radius 1 is 1.30 bits per heavy atom. The Labute approximate surface area is 123 Å². The van der Waals surface area contributed by atoms with E-state index in [1.165, 1.54) is 19.3 Å². The summed E-state index contributed by atoms with van der Waals surface area (Å²) in [7, 11) is 0. The van der Waals surface area contributed by atoms with Crippen LogP contribution in [0.3, 0.4) is 0 Å². The number of hydrogen-bond acceptors (Lipinski definition) is 2. The molecule has 0 spiro atoms. The van der Waals surface area contributed by atoms with Crippen LogP contribution < -0.4 is 10.6 Å². The molecule has 2 fully saturated rings. The van der Waals surface area contributed by atoms with Gasteiger partial charge in [-0.15, -0.1) is 0 Å². The lowest BCUT2D eigenvalue weighted by molar-refractivity contribution is 0.00772. The zero-order valence-electron chi connectivity index (χ0n) is 13.4. The molecule has 1 saturated carbocycles. The molecule has 0 aromatic heterocycles. The molecular formula is C16H30N2O2. The van der Waals surface area contributed by atoms with Crippen molar-refractivity contribution in [1.29, 1.82) is 0 Å². The molecule has 2 aliphatic rings. The summed E-state index contributed by atoms with van der Waals surface area (Å²) in [6.45, 7) is 10.2. The van der Waals surface area contributed by atoms with Gasteiger partial charge < -0.3 is 15.4 Å². The van der Waals surface area contributed by atoms with E-state index in [9.17, 15) is 4.79 Å². The molecule has 0 aromatic carbocycles. The highest BCUT2D eigenvalue weighted by Crippen LogP contribution is 2.34.